The molecular weight excluding hydrogens is 206 g/mol. The van der Waals surface area contributed by atoms with Gasteiger partial charge in [0.15, 0.2) is 0 Å². The highest BCUT2D eigenvalue weighted by molar-refractivity contribution is 5.86. The van der Waals surface area contributed by atoms with Crippen molar-refractivity contribution >= 4 is 16.9 Å². The molecule has 0 radical (unpaired) electrons. The minimum Gasteiger partial charge on any atom is -0.506 e. The fraction of sp³-hybridized carbons (Fsp3) is 0.250. The van der Waals surface area contributed by atoms with E-state index in [0.717, 1.165) is 10.9 Å². The van der Waals surface area contributed by atoms with Crippen LogP contribution in [0.4, 0.5) is 0 Å². The van der Waals surface area contributed by atoms with Gasteiger partial charge in [0.2, 0.25) is 0 Å². The van der Waals surface area contributed by atoms with E-state index in [2.05, 4.69) is 0 Å². The predicted molar refractivity (Wildman–Crippen MR) is 60.5 cm³/mol. The van der Waals surface area contributed by atoms with Gasteiger partial charge in [-0.05, 0) is 18.6 Å². The largest absolute Gasteiger partial charge is 0.506 e. The maximum atomic E-state index is 10.4. The van der Waals surface area contributed by atoms with Gasteiger partial charge in [0, 0.05) is 24.5 Å². The smallest absolute Gasteiger partial charge is 0.303 e. The number of carboxylic acids is 1. The summed E-state index contributed by atoms with van der Waals surface area (Å²) in [6.07, 6.45) is 2.35. The monoisotopic (exact) mass is 219 g/mol. The molecule has 2 rings (SSSR count). The summed E-state index contributed by atoms with van der Waals surface area (Å²) < 4.78 is 1.88. The van der Waals surface area contributed by atoms with E-state index in [1.807, 2.05) is 28.8 Å². The van der Waals surface area contributed by atoms with Gasteiger partial charge in [0.25, 0.3) is 0 Å². The van der Waals surface area contributed by atoms with Crippen molar-refractivity contribution in [2.45, 2.75) is 19.4 Å². The summed E-state index contributed by atoms with van der Waals surface area (Å²) in [4.78, 5) is 10.4. The third-order valence-corrected chi connectivity index (χ3v) is 2.56. The lowest BCUT2D eigenvalue weighted by molar-refractivity contribution is -0.137. The summed E-state index contributed by atoms with van der Waals surface area (Å²) >= 11 is 0. The molecule has 0 aliphatic rings. The van der Waals surface area contributed by atoms with Crippen molar-refractivity contribution in [1.29, 1.82) is 0 Å². The SMILES string of the molecule is O=C(O)CCCn1cc(O)c2ccccc21. The second-order valence-electron chi connectivity index (χ2n) is 3.72. The van der Waals surface area contributed by atoms with E-state index in [9.17, 15) is 9.90 Å². The van der Waals surface area contributed by atoms with Crippen LogP contribution in [0.3, 0.4) is 0 Å². The molecular formula is C12H13NO3. The van der Waals surface area contributed by atoms with E-state index in [1.54, 1.807) is 6.20 Å². The topological polar surface area (TPSA) is 62.5 Å². The highest BCUT2D eigenvalue weighted by Gasteiger charge is 2.06. The van der Waals surface area contributed by atoms with Gasteiger partial charge in [0.1, 0.15) is 5.75 Å². The van der Waals surface area contributed by atoms with E-state index >= 15 is 0 Å². The van der Waals surface area contributed by atoms with Crippen LogP contribution in [0.5, 0.6) is 5.75 Å². The molecule has 84 valence electrons. The van der Waals surface area contributed by atoms with Crippen molar-refractivity contribution in [3.63, 3.8) is 0 Å². The summed E-state index contributed by atoms with van der Waals surface area (Å²) in [6.45, 7) is 0.605. The zero-order valence-electron chi connectivity index (χ0n) is 8.76. The fourth-order valence-electron chi connectivity index (χ4n) is 1.81. The summed E-state index contributed by atoms with van der Waals surface area (Å²) in [7, 11) is 0. The number of aromatic hydroxyl groups is 1. The average molecular weight is 219 g/mol. The van der Waals surface area contributed by atoms with E-state index in [0.29, 0.717) is 13.0 Å². The average Bonchev–Trinajstić information content (AvgIpc) is 2.57. The van der Waals surface area contributed by atoms with Gasteiger partial charge in [-0.2, -0.15) is 0 Å². The molecule has 0 aliphatic carbocycles. The molecule has 0 unspecified atom stereocenters. The lowest BCUT2D eigenvalue weighted by Crippen LogP contribution is -2.00. The first-order chi connectivity index (χ1) is 7.68. The molecule has 0 saturated heterocycles. The van der Waals surface area contributed by atoms with E-state index in [-0.39, 0.29) is 12.2 Å². The lowest BCUT2D eigenvalue weighted by atomic mass is 10.2. The number of carboxylic acid groups (broad SMARTS) is 1. The Hall–Kier alpha value is -1.97. The third-order valence-electron chi connectivity index (χ3n) is 2.56. The summed E-state index contributed by atoms with van der Waals surface area (Å²) in [5.74, 6) is -0.549. The number of fused-ring (bicyclic) bond motifs is 1. The molecule has 0 aliphatic heterocycles. The Kier molecular flexibility index (Phi) is 2.81. The van der Waals surface area contributed by atoms with Crippen LogP contribution in [0, 0.1) is 0 Å². The highest BCUT2D eigenvalue weighted by atomic mass is 16.4. The van der Waals surface area contributed by atoms with E-state index < -0.39 is 5.97 Å². The first-order valence-corrected chi connectivity index (χ1v) is 5.17. The molecule has 0 fully saturated rings. The number of hydrogen-bond donors (Lipinski definition) is 2. The van der Waals surface area contributed by atoms with Crippen LogP contribution in [0.15, 0.2) is 30.5 Å². The number of carbonyl (C=O) groups is 1. The molecule has 2 aromatic rings. The first-order valence-electron chi connectivity index (χ1n) is 5.17. The van der Waals surface area contributed by atoms with Gasteiger partial charge >= 0.3 is 5.97 Å². The van der Waals surface area contributed by atoms with Gasteiger partial charge in [-0.1, -0.05) is 12.1 Å². The second kappa shape index (κ2) is 4.26. The Labute approximate surface area is 92.7 Å². The fourth-order valence-corrected chi connectivity index (χ4v) is 1.81. The number of benzene rings is 1. The van der Waals surface area contributed by atoms with Gasteiger partial charge in [-0.15, -0.1) is 0 Å². The molecule has 0 saturated carbocycles. The molecule has 1 heterocycles. The van der Waals surface area contributed by atoms with Crippen molar-refractivity contribution < 1.29 is 15.0 Å². The van der Waals surface area contributed by atoms with Crippen molar-refractivity contribution in [2.75, 3.05) is 0 Å². The standard InChI is InChI=1S/C12H13NO3/c14-11-8-13(7-3-6-12(15)16)10-5-2-1-4-9(10)11/h1-2,4-5,8,14H,3,6-7H2,(H,15,16). The number of rotatable bonds is 4. The molecule has 4 heteroatoms. The minimum absolute atomic E-state index is 0.146. The van der Waals surface area contributed by atoms with Gasteiger partial charge < -0.3 is 14.8 Å². The van der Waals surface area contributed by atoms with E-state index in [1.165, 1.54) is 0 Å². The molecule has 4 nitrogen and oxygen atoms in total. The number of para-hydroxylation sites is 1. The van der Waals surface area contributed by atoms with Crippen molar-refractivity contribution in [1.82, 2.24) is 4.57 Å². The summed E-state index contributed by atoms with van der Waals surface area (Å²) in [6, 6.07) is 7.52. The van der Waals surface area contributed by atoms with Crippen LogP contribution in [-0.2, 0) is 11.3 Å². The summed E-state index contributed by atoms with van der Waals surface area (Å²) in [5, 5.41) is 19.0. The molecule has 16 heavy (non-hydrogen) atoms. The maximum Gasteiger partial charge on any atom is 0.303 e. The van der Waals surface area contributed by atoms with E-state index in [4.69, 9.17) is 5.11 Å². The second-order valence-corrected chi connectivity index (χ2v) is 3.72. The number of hydrogen-bond acceptors (Lipinski definition) is 2. The van der Waals surface area contributed by atoms with Crippen LogP contribution in [0.1, 0.15) is 12.8 Å². The maximum absolute atomic E-state index is 10.4. The van der Waals surface area contributed by atoms with Gasteiger partial charge in [-0.25, -0.2) is 0 Å². The van der Waals surface area contributed by atoms with Crippen LogP contribution in [0.2, 0.25) is 0 Å². The quantitative estimate of drug-likeness (QED) is 0.828. The molecule has 0 spiro atoms. The summed E-state index contributed by atoms with van der Waals surface area (Å²) in [5.41, 5.74) is 0.936. The zero-order chi connectivity index (χ0) is 11.5. The van der Waals surface area contributed by atoms with Crippen LogP contribution in [-0.4, -0.2) is 20.7 Å². The van der Waals surface area contributed by atoms with Gasteiger partial charge in [-0.3, -0.25) is 4.79 Å². The minimum atomic E-state index is -0.791. The molecule has 2 N–H and O–H groups in total. The number of aryl methyl sites for hydroxylation is 1. The van der Waals surface area contributed by atoms with Crippen LogP contribution in [0.25, 0.3) is 10.9 Å². The van der Waals surface area contributed by atoms with Crippen LogP contribution >= 0.6 is 0 Å². The number of nitrogens with zero attached hydrogens (tertiary/aromatic N) is 1. The van der Waals surface area contributed by atoms with Gasteiger partial charge in [0.05, 0.1) is 5.52 Å². The molecule has 0 amide bonds. The molecule has 0 bridgehead atoms. The lowest BCUT2D eigenvalue weighted by Gasteiger charge is -2.02. The third kappa shape index (κ3) is 2.00. The first kappa shape index (κ1) is 10.5. The highest BCUT2D eigenvalue weighted by Crippen LogP contribution is 2.26. The van der Waals surface area contributed by atoms with Crippen molar-refractivity contribution in [3.05, 3.63) is 30.5 Å². The molecule has 1 aromatic carbocycles. The Balaban J connectivity index is 2.21. The Morgan fingerprint density at radius 1 is 1.31 bits per heavy atom. The van der Waals surface area contributed by atoms with Crippen molar-refractivity contribution in [3.8, 4) is 5.75 Å². The van der Waals surface area contributed by atoms with Crippen LogP contribution < -0.4 is 0 Å². The normalized spacial score (nSPS) is 10.8. The zero-order valence-corrected chi connectivity index (χ0v) is 8.76. The Bertz CT molecular complexity index is 516. The van der Waals surface area contributed by atoms with Crippen molar-refractivity contribution in [2.24, 2.45) is 0 Å². The molecule has 0 atom stereocenters. The predicted octanol–water partition coefficient (Wildman–Crippen LogP) is 2.21. The Morgan fingerprint density at radius 2 is 2.06 bits per heavy atom. The molecule has 1 aromatic heterocycles. The number of aromatic nitrogens is 1. The number of aliphatic carboxylic acids is 1. The Morgan fingerprint density at radius 3 is 2.81 bits per heavy atom.